The first kappa shape index (κ1) is 21.8. The molecule has 0 spiro atoms. The smallest absolute Gasteiger partial charge is 0.257 e. The maximum atomic E-state index is 12.0. The van der Waals surface area contributed by atoms with Gasteiger partial charge >= 0.3 is 0 Å². The van der Waals surface area contributed by atoms with E-state index in [0.29, 0.717) is 12.4 Å². The normalized spacial score (nSPS) is 10.2. The quantitative estimate of drug-likeness (QED) is 0.574. The summed E-state index contributed by atoms with van der Waals surface area (Å²) in [5.41, 5.74) is 1.72. The van der Waals surface area contributed by atoms with Crippen molar-refractivity contribution in [3.63, 3.8) is 0 Å². The molecule has 0 aliphatic rings. The largest absolute Gasteiger partial charge is 0.494 e. The van der Waals surface area contributed by atoms with Gasteiger partial charge in [-0.15, -0.1) is 0 Å². The summed E-state index contributed by atoms with van der Waals surface area (Å²) < 4.78 is 11.8. The van der Waals surface area contributed by atoms with Gasteiger partial charge in [-0.25, -0.2) is 0 Å². The summed E-state index contributed by atoms with van der Waals surface area (Å²) in [6, 6.07) is 12.8. The number of aryl methyl sites for hydroxylation is 1. The number of carbonyl (C=O) groups is 2. The second-order valence-electron chi connectivity index (χ2n) is 6.22. The second-order valence-corrected chi connectivity index (χ2v) is 7.13. The van der Waals surface area contributed by atoms with Gasteiger partial charge in [0, 0.05) is 23.1 Å². The Labute approximate surface area is 173 Å². The Kier molecular flexibility index (Phi) is 8.81. The van der Waals surface area contributed by atoms with Gasteiger partial charge in [0.15, 0.2) is 6.61 Å². The molecule has 7 heteroatoms. The highest BCUT2D eigenvalue weighted by atomic mass is 79.9. The molecule has 2 amide bonds. The van der Waals surface area contributed by atoms with Gasteiger partial charge in [0.05, 0.1) is 6.61 Å². The molecule has 2 rings (SSSR count). The number of ether oxygens (including phenoxy) is 2. The van der Waals surface area contributed by atoms with E-state index >= 15 is 0 Å². The van der Waals surface area contributed by atoms with Crippen molar-refractivity contribution < 1.29 is 19.1 Å². The third-order valence-corrected chi connectivity index (χ3v) is 4.31. The fraction of sp³-hybridized carbons (Fsp3) is 0.333. The molecule has 2 aromatic carbocycles. The van der Waals surface area contributed by atoms with E-state index in [4.69, 9.17) is 9.47 Å². The summed E-state index contributed by atoms with van der Waals surface area (Å²) in [6.45, 7) is 4.76. The molecule has 150 valence electrons. The standard InChI is InChI=1S/C21H25BrN2O4/c1-3-12-27-17-6-8-18(9-7-17)28-14-21(26)23-11-10-20(25)24-19-13-16(22)5-4-15(19)2/h4-9,13H,3,10-12,14H2,1-2H3,(H,23,26)(H,24,25). The number of benzene rings is 2. The molecular formula is C21H25BrN2O4. The highest BCUT2D eigenvalue weighted by molar-refractivity contribution is 9.10. The van der Waals surface area contributed by atoms with E-state index in [1.807, 2.05) is 32.0 Å². The molecule has 0 aromatic heterocycles. The first-order chi connectivity index (χ1) is 13.5. The Balaban J connectivity index is 1.66. The van der Waals surface area contributed by atoms with Crippen LogP contribution < -0.4 is 20.1 Å². The van der Waals surface area contributed by atoms with Crippen LogP contribution in [0, 0.1) is 6.92 Å². The SMILES string of the molecule is CCCOc1ccc(OCC(=O)NCCC(=O)Nc2cc(Br)ccc2C)cc1. The van der Waals surface area contributed by atoms with Crippen LogP contribution in [-0.4, -0.2) is 31.6 Å². The third kappa shape index (κ3) is 7.60. The number of halogens is 1. The van der Waals surface area contributed by atoms with Gasteiger partial charge < -0.3 is 20.1 Å². The Bertz CT molecular complexity index is 793. The summed E-state index contributed by atoms with van der Waals surface area (Å²) in [4.78, 5) is 23.9. The molecule has 0 unspecified atom stereocenters. The third-order valence-electron chi connectivity index (χ3n) is 3.81. The first-order valence-corrected chi connectivity index (χ1v) is 9.95. The number of nitrogens with one attached hydrogen (secondary N) is 2. The van der Waals surface area contributed by atoms with Gasteiger partial charge in [-0.2, -0.15) is 0 Å². The summed E-state index contributed by atoms with van der Waals surface area (Å²) in [6.07, 6.45) is 1.13. The molecule has 6 nitrogen and oxygen atoms in total. The number of hydrogen-bond donors (Lipinski definition) is 2. The molecule has 0 saturated carbocycles. The van der Waals surface area contributed by atoms with Crippen molar-refractivity contribution in [3.05, 3.63) is 52.5 Å². The van der Waals surface area contributed by atoms with E-state index in [9.17, 15) is 9.59 Å². The van der Waals surface area contributed by atoms with Crippen LogP contribution in [0.1, 0.15) is 25.3 Å². The van der Waals surface area contributed by atoms with Gasteiger partial charge in [-0.05, 0) is 55.3 Å². The lowest BCUT2D eigenvalue weighted by molar-refractivity contribution is -0.123. The summed E-state index contributed by atoms with van der Waals surface area (Å²) in [7, 11) is 0. The Morgan fingerprint density at radius 2 is 1.68 bits per heavy atom. The van der Waals surface area contributed by atoms with Crippen molar-refractivity contribution in [1.82, 2.24) is 5.32 Å². The zero-order chi connectivity index (χ0) is 20.4. The molecule has 0 atom stereocenters. The van der Waals surface area contributed by atoms with Gasteiger partial charge in [0.25, 0.3) is 5.91 Å². The van der Waals surface area contributed by atoms with Crippen molar-refractivity contribution in [1.29, 1.82) is 0 Å². The highest BCUT2D eigenvalue weighted by Gasteiger charge is 2.07. The van der Waals surface area contributed by atoms with Crippen LogP contribution in [0.4, 0.5) is 5.69 Å². The molecule has 0 heterocycles. The second kappa shape index (κ2) is 11.3. The Morgan fingerprint density at radius 1 is 1.00 bits per heavy atom. The van der Waals surface area contributed by atoms with Crippen LogP contribution >= 0.6 is 15.9 Å². The van der Waals surface area contributed by atoms with Crippen LogP contribution in [-0.2, 0) is 9.59 Å². The van der Waals surface area contributed by atoms with Crippen LogP contribution in [0.2, 0.25) is 0 Å². The molecule has 2 aromatic rings. The van der Waals surface area contributed by atoms with Crippen molar-refractivity contribution in [2.24, 2.45) is 0 Å². The lowest BCUT2D eigenvalue weighted by Gasteiger charge is -2.10. The molecule has 0 fully saturated rings. The molecule has 28 heavy (non-hydrogen) atoms. The van der Waals surface area contributed by atoms with Crippen LogP contribution in [0.25, 0.3) is 0 Å². The topological polar surface area (TPSA) is 76.7 Å². The molecule has 0 aliphatic carbocycles. The van der Waals surface area contributed by atoms with Crippen molar-refractivity contribution in [2.45, 2.75) is 26.7 Å². The average Bonchev–Trinajstić information content (AvgIpc) is 2.68. The molecule has 0 aliphatic heterocycles. The van der Waals surface area contributed by atoms with Gasteiger partial charge in [-0.3, -0.25) is 9.59 Å². The highest BCUT2D eigenvalue weighted by Crippen LogP contribution is 2.20. The maximum absolute atomic E-state index is 12.0. The zero-order valence-corrected chi connectivity index (χ0v) is 17.7. The predicted octanol–water partition coefficient (Wildman–Crippen LogP) is 4.07. The molecule has 0 bridgehead atoms. The van der Waals surface area contributed by atoms with Gasteiger partial charge in [0.2, 0.25) is 5.91 Å². The van der Waals surface area contributed by atoms with Gasteiger partial charge in [-0.1, -0.05) is 28.9 Å². The van der Waals surface area contributed by atoms with Crippen molar-refractivity contribution in [3.8, 4) is 11.5 Å². The van der Waals surface area contributed by atoms with Crippen molar-refractivity contribution in [2.75, 3.05) is 25.1 Å². The average molecular weight is 449 g/mol. The van der Waals surface area contributed by atoms with E-state index in [1.54, 1.807) is 24.3 Å². The minimum Gasteiger partial charge on any atom is -0.494 e. The lowest BCUT2D eigenvalue weighted by atomic mass is 10.2. The summed E-state index contributed by atoms with van der Waals surface area (Å²) >= 11 is 3.38. The molecular weight excluding hydrogens is 424 g/mol. The summed E-state index contributed by atoms with van der Waals surface area (Å²) in [5, 5.41) is 5.52. The van der Waals surface area contributed by atoms with Gasteiger partial charge in [0.1, 0.15) is 11.5 Å². The van der Waals surface area contributed by atoms with Crippen molar-refractivity contribution >= 4 is 33.4 Å². The number of hydrogen-bond acceptors (Lipinski definition) is 4. The number of amides is 2. The monoisotopic (exact) mass is 448 g/mol. The van der Waals surface area contributed by atoms with E-state index in [2.05, 4.69) is 26.6 Å². The van der Waals surface area contributed by atoms with E-state index in [0.717, 1.165) is 27.9 Å². The molecule has 2 N–H and O–H groups in total. The Hall–Kier alpha value is -2.54. The number of carbonyl (C=O) groups excluding carboxylic acids is 2. The van der Waals surface area contributed by atoms with Crippen LogP contribution in [0.3, 0.4) is 0 Å². The molecule has 0 saturated heterocycles. The first-order valence-electron chi connectivity index (χ1n) is 9.16. The Morgan fingerprint density at radius 3 is 2.36 bits per heavy atom. The fourth-order valence-electron chi connectivity index (χ4n) is 2.31. The number of rotatable bonds is 10. The van der Waals surface area contributed by atoms with Crippen LogP contribution in [0.15, 0.2) is 46.9 Å². The maximum Gasteiger partial charge on any atom is 0.257 e. The van der Waals surface area contributed by atoms with E-state index in [1.165, 1.54) is 0 Å². The van der Waals surface area contributed by atoms with E-state index < -0.39 is 0 Å². The summed E-state index contributed by atoms with van der Waals surface area (Å²) in [5.74, 6) is 0.912. The predicted molar refractivity (Wildman–Crippen MR) is 113 cm³/mol. The number of anilines is 1. The minimum atomic E-state index is -0.280. The van der Waals surface area contributed by atoms with Crippen LogP contribution in [0.5, 0.6) is 11.5 Å². The minimum absolute atomic E-state index is 0.110. The fourth-order valence-corrected chi connectivity index (χ4v) is 2.67. The zero-order valence-electron chi connectivity index (χ0n) is 16.1. The lowest BCUT2D eigenvalue weighted by Crippen LogP contribution is -2.31. The van der Waals surface area contributed by atoms with E-state index in [-0.39, 0.29) is 31.4 Å². The molecule has 0 radical (unpaired) electrons.